The van der Waals surface area contributed by atoms with E-state index in [2.05, 4.69) is 5.16 Å². The minimum atomic E-state index is -4.91. The first kappa shape index (κ1) is 30.4. The van der Waals surface area contributed by atoms with Crippen LogP contribution in [-0.4, -0.2) is 21.2 Å². The molecule has 0 amide bonds. The van der Waals surface area contributed by atoms with Crippen molar-refractivity contribution in [1.82, 2.24) is 4.57 Å². The Kier molecular flexibility index (Phi) is 7.93. The number of thioether (sulfide) groups is 1. The van der Waals surface area contributed by atoms with Crippen molar-refractivity contribution in [3.63, 3.8) is 0 Å². The van der Waals surface area contributed by atoms with Crippen molar-refractivity contribution in [3.05, 3.63) is 122 Å². The van der Waals surface area contributed by atoms with Crippen LogP contribution in [0.25, 0.3) is 11.1 Å². The summed E-state index contributed by atoms with van der Waals surface area (Å²) in [6.45, 7) is 1.86. The van der Waals surface area contributed by atoms with Gasteiger partial charge in [-0.15, -0.1) is 11.8 Å². The molecular formula is C31H23F7N2O2S. The highest BCUT2D eigenvalue weighted by Crippen LogP contribution is 2.43. The molecule has 0 saturated carbocycles. The standard InChI is InChI=1S/C31H23F7N2O2S/c1-16-19(14-20-21(31(36,37)38)11-7-13-23(20)32)29-40(24(15-43-29)27(39-42)17-8-4-3-5-9-17)28(41)25(16)18-10-6-12-22(26(18)33)30(2,34)35/h3-13,24,42H,14-15H2,1-2H3. The van der Waals surface area contributed by atoms with Crippen LogP contribution >= 0.6 is 11.8 Å². The molecule has 0 saturated heterocycles. The summed E-state index contributed by atoms with van der Waals surface area (Å²) >= 11 is 1.08. The van der Waals surface area contributed by atoms with Gasteiger partial charge in [-0.3, -0.25) is 9.36 Å². The minimum Gasteiger partial charge on any atom is -0.411 e. The van der Waals surface area contributed by atoms with E-state index in [0.29, 0.717) is 12.5 Å². The Balaban J connectivity index is 1.83. The number of halogens is 7. The van der Waals surface area contributed by atoms with Crippen LogP contribution in [0, 0.1) is 18.6 Å². The van der Waals surface area contributed by atoms with Gasteiger partial charge in [-0.05, 0) is 30.2 Å². The summed E-state index contributed by atoms with van der Waals surface area (Å²) in [6.07, 6.45) is -5.55. The number of benzene rings is 3. The molecule has 43 heavy (non-hydrogen) atoms. The molecule has 224 valence electrons. The van der Waals surface area contributed by atoms with E-state index in [0.717, 1.165) is 52.7 Å². The van der Waals surface area contributed by atoms with Crippen molar-refractivity contribution in [1.29, 1.82) is 0 Å². The lowest BCUT2D eigenvalue weighted by Gasteiger charge is -2.23. The van der Waals surface area contributed by atoms with E-state index in [4.69, 9.17) is 0 Å². The molecule has 0 fully saturated rings. The Hall–Kier alpha value is -4.06. The zero-order valence-electron chi connectivity index (χ0n) is 22.6. The summed E-state index contributed by atoms with van der Waals surface area (Å²) in [6, 6.07) is 13.0. The molecule has 1 aliphatic rings. The van der Waals surface area contributed by atoms with Gasteiger partial charge in [0.05, 0.1) is 27.8 Å². The van der Waals surface area contributed by atoms with Crippen LogP contribution in [0.4, 0.5) is 30.7 Å². The molecule has 0 radical (unpaired) electrons. The summed E-state index contributed by atoms with van der Waals surface area (Å²) in [5, 5.41) is 13.6. The van der Waals surface area contributed by atoms with Gasteiger partial charge in [-0.25, -0.2) is 17.6 Å². The van der Waals surface area contributed by atoms with Crippen LogP contribution < -0.4 is 5.56 Å². The molecule has 1 N–H and O–H groups in total. The molecule has 1 aliphatic heterocycles. The Labute approximate surface area is 245 Å². The minimum absolute atomic E-state index is 0.0124. The molecular weight excluding hydrogens is 597 g/mol. The summed E-state index contributed by atoms with van der Waals surface area (Å²) in [5.74, 6) is -6.02. The SMILES string of the molecule is Cc1c(Cc2c(F)cccc2C(F)(F)F)c2n(c(=O)c1-c1cccc(C(C)(F)F)c1F)C(C(=NO)c1ccccc1)CS2. The van der Waals surface area contributed by atoms with Gasteiger partial charge in [0, 0.05) is 35.8 Å². The predicted octanol–water partition coefficient (Wildman–Crippen LogP) is 8.35. The maximum absolute atomic E-state index is 15.7. The molecule has 0 aliphatic carbocycles. The average molecular weight is 621 g/mol. The highest BCUT2D eigenvalue weighted by atomic mass is 32.2. The van der Waals surface area contributed by atoms with Crippen molar-refractivity contribution in [2.24, 2.45) is 5.16 Å². The molecule has 3 aromatic carbocycles. The number of pyridine rings is 1. The molecule has 1 atom stereocenters. The molecule has 4 aromatic rings. The summed E-state index contributed by atoms with van der Waals surface area (Å²) in [7, 11) is 0. The van der Waals surface area contributed by atoms with Gasteiger partial charge < -0.3 is 5.21 Å². The molecule has 5 rings (SSSR count). The van der Waals surface area contributed by atoms with Crippen molar-refractivity contribution >= 4 is 17.5 Å². The Bertz CT molecular complexity index is 1800. The van der Waals surface area contributed by atoms with E-state index >= 15 is 8.78 Å². The van der Waals surface area contributed by atoms with Crippen LogP contribution in [0.5, 0.6) is 0 Å². The van der Waals surface area contributed by atoms with Gasteiger partial charge in [-0.2, -0.15) is 13.2 Å². The molecule has 2 heterocycles. The fraction of sp³-hybridized carbons (Fsp3) is 0.226. The van der Waals surface area contributed by atoms with Crippen LogP contribution in [-0.2, 0) is 18.5 Å². The van der Waals surface area contributed by atoms with E-state index in [9.17, 15) is 32.0 Å². The lowest BCUT2D eigenvalue weighted by molar-refractivity contribution is -0.138. The highest BCUT2D eigenvalue weighted by molar-refractivity contribution is 7.99. The average Bonchev–Trinajstić information content (AvgIpc) is 3.37. The molecule has 0 bridgehead atoms. The van der Waals surface area contributed by atoms with Crippen LogP contribution in [0.1, 0.15) is 46.3 Å². The lowest BCUT2D eigenvalue weighted by atomic mass is 9.91. The normalized spacial score (nSPS) is 15.6. The van der Waals surface area contributed by atoms with E-state index in [1.807, 2.05) is 0 Å². The smallest absolute Gasteiger partial charge is 0.411 e. The zero-order valence-corrected chi connectivity index (χ0v) is 23.5. The van der Waals surface area contributed by atoms with Crippen molar-refractivity contribution in [2.75, 3.05) is 5.75 Å². The number of alkyl halides is 5. The molecule has 0 spiro atoms. The second kappa shape index (κ2) is 11.2. The Morgan fingerprint density at radius 1 is 0.953 bits per heavy atom. The third kappa shape index (κ3) is 5.44. The van der Waals surface area contributed by atoms with Gasteiger partial charge in [0.15, 0.2) is 0 Å². The number of oxime groups is 1. The van der Waals surface area contributed by atoms with E-state index in [1.54, 1.807) is 30.3 Å². The Morgan fingerprint density at radius 2 is 1.60 bits per heavy atom. The van der Waals surface area contributed by atoms with E-state index < -0.39 is 64.0 Å². The second-order valence-electron chi connectivity index (χ2n) is 10.1. The maximum Gasteiger partial charge on any atom is 0.416 e. The van der Waals surface area contributed by atoms with Crippen LogP contribution in [0.3, 0.4) is 0 Å². The predicted molar refractivity (Wildman–Crippen MR) is 149 cm³/mol. The van der Waals surface area contributed by atoms with Gasteiger partial charge in [-0.1, -0.05) is 59.8 Å². The largest absolute Gasteiger partial charge is 0.416 e. The monoisotopic (exact) mass is 620 g/mol. The number of aromatic nitrogens is 1. The third-order valence-corrected chi connectivity index (χ3v) is 8.64. The summed E-state index contributed by atoms with van der Waals surface area (Å²) in [4.78, 5) is 14.2. The zero-order chi connectivity index (χ0) is 31.3. The number of nitrogens with zero attached hydrogens (tertiary/aromatic N) is 2. The molecule has 12 heteroatoms. The van der Waals surface area contributed by atoms with Crippen molar-refractivity contribution in [3.8, 4) is 11.1 Å². The maximum atomic E-state index is 15.7. The van der Waals surface area contributed by atoms with Gasteiger partial charge >= 0.3 is 6.18 Å². The van der Waals surface area contributed by atoms with E-state index in [1.165, 1.54) is 6.92 Å². The van der Waals surface area contributed by atoms with Crippen LogP contribution in [0.2, 0.25) is 0 Å². The van der Waals surface area contributed by atoms with Crippen molar-refractivity contribution in [2.45, 2.75) is 43.4 Å². The molecule has 4 nitrogen and oxygen atoms in total. The number of fused-ring (bicyclic) bond motifs is 1. The summed E-state index contributed by atoms with van der Waals surface area (Å²) in [5.41, 5.74) is -4.00. The van der Waals surface area contributed by atoms with Gasteiger partial charge in [0.1, 0.15) is 17.3 Å². The van der Waals surface area contributed by atoms with Crippen LogP contribution in [0.15, 0.2) is 81.7 Å². The van der Waals surface area contributed by atoms with Gasteiger partial charge in [0.25, 0.3) is 11.5 Å². The fourth-order valence-corrected chi connectivity index (χ4v) is 6.77. The number of hydrogen-bond donors (Lipinski definition) is 1. The molecule has 1 unspecified atom stereocenters. The van der Waals surface area contributed by atoms with E-state index in [-0.39, 0.29) is 33.2 Å². The number of hydrogen-bond acceptors (Lipinski definition) is 4. The van der Waals surface area contributed by atoms with Gasteiger partial charge in [0.2, 0.25) is 0 Å². The Morgan fingerprint density at radius 3 is 2.23 bits per heavy atom. The second-order valence-corrected chi connectivity index (χ2v) is 11.1. The quantitative estimate of drug-likeness (QED) is 0.102. The first-order valence-electron chi connectivity index (χ1n) is 13.0. The van der Waals surface area contributed by atoms with Crippen molar-refractivity contribution < 1.29 is 35.9 Å². The molecule has 1 aromatic heterocycles. The summed E-state index contributed by atoms with van der Waals surface area (Å²) < 4.78 is 102. The highest BCUT2D eigenvalue weighted by Gasteiger charge is 2.38. The lowest BCUT2D eigenvalue weighted by Crippen LogP contribution is -2.32. The first-order chi connectivity index (χ1) is 20.3. The third-order valence-electron chi connectivity index (χ3n) is 7.44. The first-order valence-corrected chi connectivity index (χ1v) is 13.9. The number of rotatable bonds is 6. The fourth-order valence-electron chi connectivity index (χ4n) is 5.40. The topological polar surface area (TPSA) is 54.6 Å².